The number of nitrogens with one attached hydrogen (secondary N) is 1. The predicted molar refractivity (Wildman–Crippen MR) is 101 cm³/mol. The Kier molecular flexibility index (Phi) is 4.78. The second-order valence-corrected chi connectivity index (χ2v) is 7.50. The van der Waals surface area contributed by atoms with Crippen LogP contribution in [0.25, 0.3) is 0 Å². The highest BCUT2D eigenvalue weighted by Crippen LogP contribution is 2.37. The van der Waals surface area contributed by atoms with Crippen LogP contribution in [0.2, 0.25) is 0 Å². The van der Waals surface area contributed by atoms with Crippen molar-refractivity contribution in [1.82, 2.24) is 9.97 Å². The summed E-state index contributed by atoms with van der Waals surface area (Å²) in [6.07, 6.45) is -3.22. The molecule has 2 N–H and O–H groups in total. The third kappa shape index (κ3) is 3.84. The Morgan fingerprint density at radius 1 is 1.11 bits per heavy atom. The number of aliphatic hydroxyl groups excluding tert-OH is 1. The highest BCUT2D eigenvalue weighted by atomic mass is 19.4. The fraction of sp³-hybridized carbons (Fsp3) is 0.474. The molecule has 2 aliphatic heterocycles. The third-order valence-corrected chi connectivity index (χ3v) is 5.15. The first kappa shape index (κ1) is 18.8. The van der Waals surface area contributed by atoms with Gasteiger partial charge < -0.3 is 20.2 Å². The van der Waals surface area contributed by atoms with Crippen molar-refractivity contribution in [2.75, 3.05) is 41.3 Å². The molecular formula is C19H22F3N5O. The van der Waals surface area contributed by atoms with Crippen LogP contribution in [0.1, 0.15) is 18.9 Å². The summed E-state index contributed by atoms with van der Waals surface area (Å²) < 4.78 is 39.8. The number of hydrogen-bond acceptors (Lipinski definition) is 6. The molecule has 9 heteroatoms. The standard InChI is InChI=1S/C19H22F3N5O/c1-12-6-7-26(9-12)14-4-2-13(3-5-14)24-18-23-8-16(19(20,21)22)17(25-18)27-10-15(28)11-27/h2-5,8,12,15,28H,6-7,9-11H2,1H3,(H,23,24,25). The summed E-state index contributed by atoms with van der Waals surface area (Å²) in [5.41, 5.74) is 0.923. The Morgan fingerprint density at radius 3 is 2.39 bits per heavy atom. The predicted octanol–water partition coefficient (Wildman–Crippen LogP) is 3.27. The van der Waals surface area contributed by atoms with Crippen molar-refractivity contribution in [3.63, 3.8) is 0 Å². The number of aromatic nitrogens is 2. The van der Waals surface area contributed by atoms with Gasteiger partial charge in [0.1, 0.15) is 11.4 Å². The van der Waals surface area contributed by atoms with Crippen molar-refractivity contribution in [2.24, 2.45) is 5.92 Å². The Morgan fingerprint density at radius 2 is 1.82 bits per heavy atom. The summed E-state index contributed by atoms with van der Waals surface area (Å²) in [5, 5.41) is 12.4. The van der Waals surface area contributed by atoms with Crippen LogP contribution in [0.4, 0.5) is 36.3 Å². The largest absolute Gasteiger partial charge is 0.421 e. The second-order valence-electron chi connectivity index (χ2n) is 7.50. The van der Waals surface area contributed by atoms with Crippen molar-refractivity contribution in [1.29, 1.82) is 0 Å². The summed E-state index contributed by atoms with van der Waals surface area (Å²) in [6, 6.07) is 7.70. The van der Waals surface area contributed by atoms with Gasteiger partial charge in [0.2, 0.25) is 5.95 Å². The molecule has 1 unspecified atom stereocenters. The maximum Gasteiger partial charge on any atom is 0.421 e. The van der Waals surface area contributed by atoms with E-state index in [1.54, 1.807) is 0 Å². The zero-order chi connectivity index (χ0) is 19.9. The first-order valence-electron chi connectivity index (χ1n) is 9.29. The van der Waals surface area contributed by atoms with Crippen molar-refractivity contribution in [3.8, 4) is 0 Å². The van der Waals surface area contributed by atoms with Crippen LogP contribution >= 0.6 is 0 Å². The van der Waals surface area contributed by atoms with Crippen LogP contribution < -0.4 is 15.1 Å². The molecule has 1 aromatic heterocycles. The number of alkyl halides is 3. The highest BCUT2D eigenvalue weighted by Gasteiger charge is 2.39. The zero-order valence-electron chi connectivity index (χ0n) is 15.4. The second kappa shape index (κ2) is 7.12. The van der Waals surface area contributed by atoms with E-state index in [1.165, 1.54) is 11.3 Å². The Balaban J connectivity index is 1.52. The zero-order valence-corrected chi connectivity index (χ0v) is 15.4. The SMILES string of the molecule is CC1CCN(c2ccc(Nc3ncc(C(F)(F)F)c(N4CC(O)C4)n3)cc2)C1. The molecule has 2 aliphatic rings. The summed E-state index contributed by atoms with van der Waals surface area (Å²) in [7, 11) is 0. The molecule has 6 nitrogen and oxygen atoms in total. The molecular weight excluding hydrogens is 371 g/mol. The number of benzene rings is 1. The van der Waals surface area contributed by atoms with Crippen LogP contribution in [-0.4, -0.2) is 47.4 Å². The smallest absolute Gasteiger partial charge is 0.389 e. The molecule has 28 heavy (non-hydrogen) atoms. The molecule has 2 aromatic rings. The fourth-order valence-electron chi connectivity index (χ4n) is 3.56. The van der Waals surface area contributed by atoms with Crippen LogP contribution in [0.5, 0.6) is 0 Å². The van der Waals surface area contributed by atoms with Gasteiger partial charge in [0.25, 0.3) is 0 Å². The van der Waals surface area contributed by atoms with Crippen LogP contribution in [0, 0.1) is 5.92 Å². The molecule has 1 atom stereocenters. The number of rotatable bonds is 4. The van der Waals surface area contributed by atoms with Gasteiger partial charge in [-0.15, -0.1) is 0 Å². The lowest BCUT2D eigenvalue weighted by atomic mass is 10.1. The van der Waals surface area contributed by atoms with Gasteiger partial charge in [-0.05, 0) is 36.6 Å². The molecule has 2 fully saturated rings. The first-order chi connectivity index (χ1) is 13.3. The molecule has 0 amide bonds. The van der Waals surface area contributed by atoms with E-state index in [0.29, 0.717) is 11.6 Å². The van der Waals surface area contributed by atoms with Gasteiger partial charge in [0.05, 0.1) is 6.10 Å². The van der Waals surface area contributed by atoms with Gasteiger partial charge in [0.15, 0.2) is 0 Å². The topological polar surface area (TPSA) is 64.5 Å². The fourth-order valence-corrected chi connectivity index (χ4v) is 3.56. The lowest BCUT2D eigenvalue weighted by Crippen LogP contribution is -2.51. The van der Waals surface area contributed by atoms with Gasteiger partial charge in [-0.2, -0.15) is 18.2 Å². The number of anilines is 4. The van der Waals surface area contributed by atoms with Crippen molar-refractivity contribution in [2.45, 2.75) is 25.6 Å². The van der Waals surface area contributed by atoms with Gasteiger partial charge in [0, 0.05) is 43.8 Å². The number of β-amino-alcohol motifs (C(OH)–C–C–N with tert-alkyl or cyclic N) is 1. The van der Waals surface area contributed by atoms with E-state index < -0.39 is 17.8 Å². The average Bonchev–Trinajstić information content (AvgIpc) is 3.05. The molecule has 0 saturated carbocycles. The van der Waals surface area contributed by atoms with E-state index in [1.807, 2.05) is 24.3 Å². The molecule has 0 aliphatic carbocycles. The molecule has 4 rings (SSSR count). The van der Waals surface area contributed by atoms with E-state index >= 15 is 0 Å². The maximum absolute atomic E-state index is 13.3. The Bertz CT molecular complexity index is 836. The van der Waals surface area contributed by atoms with Crippen molar-refractivity contribution >= 4 is 23.1 Å². The average molecular weight is 393 g/mol. The molecule has 150 valence electrons. The molecule has 3 heterocycles. The summed E-state index contributed by atoms with van der Waals surface area (Å²) in [5.74, 6) is 0.557. The lowest BCUT2D eigenvalue weighted by Gasteiger charge is -2.38. The highest BCUT2D eigenvalue weighted by molar-refractivity contribution is 5.61. The number of nitrogens with zero attached hydrogens (tertiary/aromatic N) is 4. The minimum Gasteiger partial charge on any atom is -0.389 e. The van der Waals surface area contributed by atoms with E-state index in [4.69, 9.17) is 0 Å². The third-order valence-electron chi connectivity index (χ3n) is 5.15. The van der Waals surface area contributed by atoms with Gasteiger partial charge >= 0.3 is 6.18 Å². The van der Waals surface area contributed by atoms with Gasteiger partial charge in [-0.1, -0.05) is 6.92 Å². The van der Waals surface area contributed by atoms with Crippen molar-refractivity contribution < 1.29 is 18.3 Å². The summed E-state index contributed by atoms with van der Waals surface area (Å²) >= 11 is 0. The van der Waals surface area contributed by atoms with E-state index in [9.17, 15) is 18.3 Å². The van der Waals surface area contributed by atoms with Crippen LogP contribution in [0.15, 0.2) is 30.5 Å². The normalized spacial score (nSPS) is 20.4. The lowest BCUT2D eigenvalue weighted by molar-refractivity contribution is -0.137. The van der Waals surface area contributed by atoms with E-state index in [2.05, 4.69) is 27.1 Å². The minimum absolute atomic E-state index is 0.0898. The minimum atomic E-state index is -4.55. The summed E-state index contributed by atoms with van der Waals surface area (Å²) in [6.45, 7) is 4.54. The number of halogens is 3. The van der Waals surface area contributed by atoms with Gasteiger partial charge in [-0.25, -0.2) is 4.98 Å². The maximum atomic E-state index is 13.3. The summed E-state index contributed by atoms with van der Waals surface area (Å²) in [4.78, 5) is 11.6. The molecule has 1 aromatic carbocycles. The first-order valence-corrected chi connectivity index (χ1v) is 9.29. The van der Waals surface area contributed by atoms with Gasteiger partial charge in [-0.3, -0.25) is 0 Å². The number of aliphatic hydroxyl groups is 1. The molecule has 0 spiro atoms. The van der Waals surface area contributed by atoms with E-state index in [-0.39, 0.29) is 24.9 Å². The Labute approximate surface area is 161 Å². The monoisotopic (exact) mass is 393 g/mol. The van der Waals surface area contributed by atoms with Crippen LogP contribution in [-0.2, 0) is 6.18 Å². The quantitative estimate of drug-likeness (QED) is 0.831. The molecule has 0 radical (unpaired) electrons. The Hall–Kier alpha value is -2.55. The van der Waals surface area contributed by atoms with Crippen LogP contribution in [0.3, 0.4) is 0 Å². The molecule has 2 saturated heterocycles. The van der Waals surface area contributed by atoms with E-state index in [0.717, 1.165) is 25.0 Å². The molecule has 0 bridgehead atoms. The van der Waals surface area contributed by atoms with Crippen molar-refractivity contribution in [3.05, 3.63) is 36.0 Å². The number of hydrogen-bond donors (Lipinski definition) is 2.